The van der Waals surface area contributed by atoms with Crippen molar-refractivity contribution in [2.45, 2.75) is 24.5 Å². The molecule has 0 saturated heterocycles. The number of halogens is 3. The van der Waals surface area contributed by atoms with E-state index in [0.717, 1.165) is 12.1 Å². The molecule has 3 heterocycles. The Morgan fingerprint density at radius 1 is 1.38 bits per heavy atom. The van der Waals surface area contributed by atoms with Crippen molar-refractivity contribution in [3.8, 4) is 0 Å². The fourth-order valence-electron chi connectivity index (χ4n) is 3.31. The molecule has 8 nitrogen and oxygen atoms in total. The number of nitrogens with two attached hydrogens (primary N) is 1. The molecule has 1 amide bonds. The van der Waals surface area contributed by atoms with Crippen LogP contribution in [0.4, 0.5) is 24.7 Å². The second kappa shape index (κ2) is 6.73. The third-order valence-electron chi connectivity index (χ3n) is 4.77. The van der Waals surface area contributed by atoms with Gasteiger partial charge in [0, 0.05) is 12.1 Å². The molecule has 1 aliphatic heterocycles. The summed E-state index contributed by atoms with van der Waals surface area (Å²) in [7, 11) is 0. The van der Waals surface area contributed by atoms with E-state index in [1.807, 2.05) is 0 Å². The Morgan fingerprint density at radius 2 is 2.17 bits per heavy atom. The molecule has 148 valence electrons. The first kappa shape index (κ1) is 18.7. The standard InChI is InChI=1S/C18H13F3N6O2/c1-23-8-2-4-11(24-7-8)15(28)26-13-5-3-10(19)14(25-13)18(16(20)21)9-6-12(9)29-17(22)27-18/h2-5,7,9,12,16H,6H2,(H2,22,27)(H,25,26,28)/t9-,12?,18-/m0/s1. The second-order valence-corrected chi connectivity index (χ2v) is 6.57. The average Bonchev–Trinajstić information content (AvgIpc) is 3.48. The van der Waals surface area contributed by atoms with Crippen molar-refractivity contribution in [2.24, 2.45) is 16.6 Å². The van der Waals surface area contributed by atoms with Gasteiger partial charge in [0.25, 0.3) is 18.4 Å². The summed E-state index contributed by atoms with van der Waals surface area (Å²) in [5, 5.41) is 2.39. The van der Waals surface area contributed by atoms with Gasteiger partial charge >= 0.3 is 0 Å². The van der Waals surface area contributed by atoms with Crippen molar-refractivity contribution < 1.29 is 22.7 Å². The molecule has 0 radical (unpaired) electrons. The van der Waals surface area contributed by atoms with Crippen LogP contribution < -0.4 is 11.1 Å². The van der Waals surface area contributed by atoms with Crippen LogP contribution in [0.15, 0.2) is 35.5 Å². The van der Waals surface area contributed by atoms with Gasteiger partial charge in [0.05, 0.1) is 6.57 Å². The average molecular weight is 402 g/mol. The molecular weight excluding hydrogens is 389 g/mol. The van der Waals surface area contributed by atoms with Crippen LogP contribution in [0.3, 0.4) is 0 Å². The highest BCUT2D eigenvalue weighted by Crippen LogP contribution is 2.55. The minimum atomic E-state index is -3.09. The number of rotatable bonds is 4. The van der Waals surface area contributed by atoms with E-state index in [1.54, 1.807) is 0 Å². The molecule has 1 saturated carbocycles. The third-order valence-corrected chi connectivity index (χ3v) is 4.77. The van der Waals surface area contributed by atoms with Crippen LogP contribution >= 0.6 is 0 Å². The number of carbonyl (C=O) groups is 1. The van der Waals surface area contributed by atoms with Crippen molar-refractivity contribution in [1.82, 2.24) is 9.97 Å². The maximum atomic E-state index is 14.5. The monoisotopic (exact) mass is 402 g/mol. The quantitative estimate of drug-likeness (QED) is 0.765. The number of ether oxygens (including phenoxy) is 1. The van der Waals surface area contributed by atoms with Crippen molar-refractivity contribution in [2.75, 3.05) is 5.32 Å². The van der Waals surface area contributed by atoms with Gasteiger partial charge in [-0.2, -0.15) is 0 Å². The predicted octanol–water partition coefficient (Wildman–Crippen LogP) is 2.61. The van der Waals surface area contributed by atoms with E-state index in [1.165, 1.54) is 18.3 Å². The summed E-state index contributed by atoms with van der Waals surface area (Å²) in [5.41, 5.74) is 2.84. The molecule has 11 heteroatoms. The molecule has 1 aliphatic carbocycles. The SMILES string of the molecule is [C-]#[N+]c1ccc(C(=O)Nc2ccc(F)c([C@@]3(C(F)F)N=C(N)OC4C[C@@H]43)n2)nc1. The third kappa shape index (κ3) is 3.12. The Balaban J connectivity index is 1.68. The van der Waals surface area contributed by atoms with Gasteiger partial charge in [-0.15, -0.1) is 0 Å². The maximum absolute atomic E-state index is 14.5. The summed E-state index contributed by atoms with van der Waals surface area (Å²) in [6.07, 6.45) is -2.21. The van der Waals surface area contributed by atoms with Gasteiger partial charge in [0.1, 0.15) is 29.1 Å². The summed E-state index contributed by atoms with van der Waals surface area (Å²) < 4.78 is 47.8. The van der Waals surface area contributed by atoms with E-state index < -0.39 is 47.4 Å². The van der Waals surface area contributed by atoms with Crippen LogP contribution in [-0.4, -0.2) is 34.4 Å². The van der Waals surface area contributed by atoms with Gasteiger partial charge in [-0.25, -0.2) is 28.0 Å². The Kier molecular flexibility index (Phi) is 4.34. The number of amidine groups is 1. The number of pyridine rings is 2. The molecular formula is C18H13F3N6O2. The van der Waals surface area contributed by atoms with Crippen molar-refractivity contribution in [1.29, 1.82) is 0 Å². The maximum Gasteiger partial charge on any atom is 0.283 e. The van der Waals surface area contributed by atoms with Gasteiger partial charge in [0.2, 0.25) is 5.69 Å². The van der Waals surface area contributed by atoms with Gasteiger partial charge in [-0.3, -0.25) is 9.78 Å². The fraction of sp³-hybridized carbons (Fsp3) is 0.278. The van der Waals surface area contributed by atoms with Gasteiger partial charge < -0.3 is 15.8 Å². The van der Waals surface area contributed by atoms with Gasteiger partial charge in [-0.1, -0.05) is 6.07 Å². The lowest BCUT2D eigenvalue weighted by Crippen LogP contribution is -2.44. The molecule has 1 unspecified atom stereocenters. The lowest BCUT2D eigenvalue weighted by molar-refractivity contribution is 0.0151. The number of alkyl halides is 2. The number of nitrogens with one attached hydrogen (secondary N) is 1. The number of hydrogen-bond donors (Lipinski definition) is 2. The van der Waals surface area contributed by atoms with E-state index in [9.17, 15) is 18.0 Å². The Morgan fingerprint density at radius 3 is 2.83 bits per heavy atom. The highest BCUT2D eigenvalue weighted by molar-refractivity contribution is 6.02. The number of amides is 1. The Hall–Kier alpha value is -3.68. The molecule has 29 heavy (non-hydrogen) atoms. The highest BCUT2D eigenvalue weighted by atomic mass is 19.3. The summed E-state index contributed by atoms with van der Waals surface area (Å²) >= 11 is 0. The van der Waals surface area contributed by atoms with E-state index in [4.69, 9.17) is 17.0 Å². The normalized spacial score (nSPS) is 24.7. The van der Waals surface area contributed by atoms with Crippen molar-refractivity contribution in [3.05, 3.63) is 59.1 Å². The van der Waals surface area contributed by atoms with E-state index in [2.05, 4.69) is 25.1 Å². The Labute approximate surface area is 162 Å². The molecule has 3 atom stereocenters. The molecule has 0 aromatic carbocycles. The number of aromatic nitrogens is 2. The number of hydrogen-bond acceptors (Lipinski definition) is 6. The second-order valence-electron chi connectivity index (χ2n) is 6.57. The number of nitrogens with zero attached hydrogens (tertiary/aromatic N) is 4. The van der Waals surface area contributed by atoms with E-state index in [-0.39, 0.29) is 23.6 Å². The number of carbonyl (C=O) groups excluding carboxylic acids is 1. The molecule has 2 aromatic heterocycles. The lowest BCUT2D eigenvalue weighted by Gasteiger charge is -2.32. The molecule has 2 aliphatic rings. The lowest BCUT2D eigenvalue weighted by atomic mass is 9.88. The van der Waals surface area contributed by atoms with Gasteiger partial charge in [-0.05, 0) is 24.6 Å². The molecule has 0 bridgehead atoms. The topological polar surface area (TPSA) is 107 Å². The minimum absolute atomic E-state index is 0.0239. The van der Waals surface area contributed by atoms with Crippen LogP contribution in [0.25, 0.3) is 4.85 Å². The first-order chi connectivity index (χ1) is 13.8. The first-order valence-corrected chi connectivity index (χ1v) is 8.47. The number of fused-ring (bicyclic) bond motifs is 1. The summed E-state index contributed by atoms with van der Waals surface area (Å²) in [5.74, 6) is -2.62. The van der Waals surface area contributed by atoms with Crippen molar-refractivity contribution in [3.63, 3.8) is 0 Å². The molecule has 4 rings (SSSR count). The minimum Gasteiger partial charge on any atom is -0.462 e. The smallest absolute Gasteiger partial charge is 0.283 e. The number of anilines is 1. The zero-order chi connectivity index (χ0) is 20.8. The fourth-order valence-corrected chi connectivity index (χ4v) is 3.31. The van der Waals surface area contributed by atoms with Crippen LogP contribution in [-0.2, 0) is 10.3 Å². The van der Waals surface area contributed by atoms with Crippen LogP contribution in [0.1, 0.15) is 22.6 Å². The highest BCUT2D eigenvalue weighted by Gasteiger charge is 2.65. The molecule has 2 aromatic rings. The van der Waals surface area contributed by atoms with Gasteiger partial charge in [0.15, 0.2) is 5.54 Å². The van der Waals surface area contributed by atoms with Crippen LogP contribution in [0.2, 0.25) is 0 Å². The largest absolute Gasteiger partial charge is 0.462 e. The zero-order valence-corrected chi connectivity index (χ0v) is 14.6. The summed E-state index contributed by atoms with van der Waals surface area (Å²) in [6.45, 7) is 6.88. The first-order valence-electron chi connectivity index (χ1n) is 8.47. The van der Waals surface area contributed by atoms with E-state index >= 15 is 0 Å². The summed E-state index contributed by atoms with van der Waals surface area (Å²) in [4.78, 5) is 27.0. The van der Waals surface area contributed by atoms with Crippen LogP contribution in [0, 0.1) is 18.3 Å². The molecule has 0 spiro atoms. The van der Waals surface area contributed by atoms with E-state index in [0.29, 0.717) is 0 Å². The Bertz CT molecular complexity index is 1050. The van der Waals surface area contributed by atoms with Crippen LogP contribution in [0.5, 0.6) is 0 Å². The predicted molar refractivity (Wildman–Crippen MR) is 94.9 cm³/mol. The molecule has 3 N–H and O–H groups in total. The number of aliphatic imine (C=N–C) groups is 1. The molecule has 1 fully saturated rings. The summed E-state index contributed by atoms with van der Waals surface area (Å²) in [6, 6.07) is 4.34. The van der Waals surface area contributed by atoms with Crippen molar-refractivity contribution >= 4 is 23.4 Å². The zero-order valence-electron chi connectivity index (χ0n) is 14.6.